The van der Waals surface area contributed by atoms with Crippen molar-refractivity contribution in [3.8, 4) is 22.8 Å². The number of benzene rings is 2. The van der Waals surface area contributed by atoms with Gasteiger partial charge in [0.25, 0.3) is 0 Å². The Bertz CT molecular complexity index is 1400. The van der Waals surface area contributed by atoms with Crippen molar-refractivity contribution in [2.24, 2.45) is 0 Å². The second kappa shape index (κ2) is 7.22. The molecule has 10 heteroatoms. The van der Waals surface area contributed by atoms with Crippen LogP contribution in [-0.2, 0) is 10.2 Å². The molecule has 5 rings (SSSR count). The number of aryl methyl sites for hydroxylation is 1. The quantitative estimate of drug-likeness (QED) is 0.471. The van der Waals surface area contributed by atoms with Gasteiger partial charge in [0.15, 0.2) is 11.5 Å². The van der Waals surface area contributed by atoms with Crippen LogP contribution in [0.4, 0.5) is 14.6 Å². The van der Waals surface area contributed by atoms with Gasteiger partial charge < -0.3 is 14.8 Å². The van der Waals surface area contributed by atoms with Crippen molar-refractivity contribution in [2.75, 3.05) is 5.32 Å². The number of nitrogens with zero attached hydrogens (tertiary/aromatic N) is 3. The van der Waals surface area contributed by atoms with Gasteiger partial charge in [-0.1, -0.05) is 23.4 Å². The predicted molar refractivity (Wildman–Crippen MR) is 116 cm³/mol. The molecule has 2 aromatic heterocycles. The zero-order chi connectivity index (χ0) is 23.4. The molecular formula is C23H19F2N5O3. The summed E-state index contributed by atoms with van der Waals surface area (Å²) in [5.74, 6) is -0.185. The first-order valence-electron chi connectivity index (χ1n) is 10.1. The van der Waals surface area contributed by atoms with Crippen LogP contribution in [0.3, 0.4) is 0 Å². The predicted octanol–water partition coefficient (Wildman–Crippen LogP) is 4.57. The van der Waals surface area contributed by atoms with Gasteiger partial charge in [0.2, 0.25) is 5.91 Å². The summed E-state index contributed by atoms with van der Waals surface area (Å²) in [6, 6.07) is 13.5. The van der Waals surface area contributed by atoms with Crippen molar-refractivity contribution in [1.29, 1.82) is 0 Å². The van der Waals surface area contributed by atoms with Crippen molar-refractivity contribution in [3.05, 3.63) is 59.7 Å². The van der Waals surface area contributed by atoms with Crippen molar-refractivity contribution in [1.82, 2.24) is 20.4 Å². The summed E-state index contributed by atoms with van der Waals surface area (Å²) in [5, 5.41) is 13.5. The Balaban J connectivity index is 1.41. The maximum Gasteiger partial charge on any atom is 0.586 e. The molecule has 3 heterocycles. The van der Waals surface area contributed by atoms with Crippen LogP contribution in [-0.4, -0.2) is 32.6 Å². The molecule has 0 bridgehead atoms. The van der Waals surface area contributed by atoms with Crippen molar-refractivity contribution in [3.63, 3.8) is 0 Å². The monoisotopic (exact) mass is 451 g/mol. The highest BCUT2D eigenvalue weighted by molar-refractivity contribution is 5.98. The Morgan fingerprint density at radius 2 is 1.85 bits per heavy atom. The Labute approximate surface area is 186 Å². The Hall–Kier alpha value is -4.08. The van der Waals surface area contributed by atoms with Gasteiger partial charge in [-0.2, -0.15) is 0 Å². The topological polar surface area (TPSA) is 102 Å². The maximum absolute atomic E-state index is 13.3. The van der Waals surface area contributed by atoms with Gasteiger partial charge >= 0.3 is 6.29 Å². The molecule has 2 aromatic carbocycles. The highest BCUT2D eigenvalue weighted by Gasteiger charge is 2.44. The normalized spacial score (nSPS) is 14.5. The molecule has 1 aliphatic rings. The second-order valence-corrected chi connectivity index (χ2v) is 8.31. The molecule has 0 fully saturated rings. The lowest BCUT2D eigenvalue weighted by Crippen LogP contribution is -2.35. The number of aromatic nitrogens is 4. The maximum atomic E-state index is 13.3. The first-order chi connectivity index (χ1) is 15.6. The van der Waals surface area contributed by atoms with Crippen LogP contribution in [0.5, 0.6) is 11.5 Å². The number of carbonyl (C=O) groups is 1. The molecule has 1 amide bonds. The molecule has 4 aromatic rings. The number of anilines is 1. The number of aromatic amines is 1. The molecule has 168 valence electrons. The fourth-order valence-corrected chi connectivity index (χ4v) is 3.62. The Morgan fingerprint density at radius 1 is 1.06 bits per heavy atom. The number of halogens is 2. The van der Waals surface area contributed by atoms with Gasteiger partial charge in [-0.25, -0.2) is 4.98 Å². The molecule has 0 aliphatic carbocycles. The number of amides is 1. The summed E-state index contributed by atoms with van der Waals surface area (Å²) in [6.07, 6.45) is -3.72. The SMILES string of the molecule is Cc1ccc(NC(=O)C(C)(C)c2ccc3c(c2)OC(F)(F)O3)nc1-c1ccc2[nH]nnc2c1. The smallest absolute Gasteiger partial charge is 0.395 e. The molecule has 0 atom stereocenters. The van der Waals surface area contributed by atoms with Crippen LogP contribution in [0.15, 0.2) is 48.5 Å². The lowest BCUT2D eigenvalue weighted by atomic mass is 9.83. The van der Waals surface area contributed by atoms with E-state index in [9.17, 15) is 13.6 Å². The lowest BCUT2D eigenvalue weighted by molar-refractivity contribution is -0.286. The summed E-state index contributed by atoms with van der Waals surface area (Å²) in [6.45, 7) is 5.30. The highest BCUT2D eigenvalue weighted by Crippen LogP contribution is 2.43. The fraction of sp³-hybridized carbons (Fsp3) is 0.217. The number of hydrogen-bond donors (Lipinski definition) is 2. The number of ether oxygens (including phenoxy) is 2. The Morgan fingerprint density at radius 3 is 2.67 bits per heavy atom. The van der Waals surface area contributed by atoms with Crippen molar-refractivity contribution >= 4 is 22.8 Å². The second-order valence-electron chi connectivity index (χ2n) is 8.31. The number of alkyl halides is 2. The summed E-state index contributed by atoms with van der Waals surface area (Å²) >= 11 is 0. The van der Waals surface area contributed by atoms with E-state index in [0.717, 1.165) is 16.6 Å². The number of carbonyl (C=O) groups excluding carboxylic acids is 1. The van der Waals surface area contributed by atoms with Crippen LogP contribution in [0.25, 0.3) is 22.3 Å². The van der Waals surface area contributed by atoms with E-state index in [1.54, 1.807) is 26.0 Å². The first kappa shape index (κ1) is 20.8. The van der Waals surface area contributed by atoms with E-state index < -0.39 is 11.7 Å². The van der Waals surface area contributed by atoms with E-state index >= 15 is 0 Å². The van der Waals surface area contributed by atoms with E-state index in [1.807, 2.05) is 31.2 Å². The summed E-state index contributed by atoms with van der Waals surface area (Å²) in [5.41, 5.74) is 3.39. The summed E-state index contributed by atoms with van der Waals surface area (Å²) in [7, 11) is 0. The standard InChI is InChI=1S/C23H19F2N5O3/c1-12-4-9-19(26-20(12)13-5-7-15-16(10-13)29-30-28-15)27-21(31)22(2,3)14-6-8-17-18(11-14)33-23(24,25)32-17/h4-11H,1-3H3,(H,26,27,31)(H,28,29,30). The zero-order valence-corrected chi connectivity index (χ0v) is 17.9. The van der Waals surface area contributed by atoms with Gasteiger partial charge in [0, 0.05) is 5.56 Å². The third-order valence-electron chi connectivity index (χ3n) is 5.63. The third-order valence-corrected chi connectivity index (χ3v) is 5.63. The van der Waals surface area contributed by atoms with E-state index in [-0.39, 0.29) is 17.4 Å². The number of nitrogens with one attached hydrogen (secondary N) is 2. The highest BCUT2D eigenvalue weighted by atomic mass is 19.3. The molecule has 33 heavy (non-hydrogen) atoms. The molecule has 0 spiro atoms. The minimum atomic E-state index is -3.72. The molecule has 1 aliphatic heterocycles. The average molecular weight is 451 g/mol. The number of fused-ring (bicyclic) bond motifs is 2. The molecular weight excluding hydrogens is 432 g/mol. The minimum Gasteiger partial charge on any atom is -0.395 e. The molecule has 0 unspecified atom stereocenters. The van der Waals surface area contributed by atoms with Crippen LogP contribution >= 0.6 is 0 Å². The number of hydrogen-bond acceptors (Lipinski definition) is 6. The van der Waals surface area contributed by atoms with Crippen molar-refractivity contribution in [2.45, 2.75) is 32.5 Å². The molecule has 0 saturated carbocycles. The summed E-state index contributed by atoms with van der Waals surface area (Å²) in [4.78, 5) is 17.8. The first-order valence-corrected chi connectivity index (χ1v) is 10.1. The van der Waals surface area contributed by atoms with Gasteiger partial charge in [-0.3, -0.25) is 9.89 Å². The zero-order valence-electron chi connectivity index (χ0n) is 17.9. The van der Waals surface area contributed by atoms with Crippen LogP contribution in [0, 0.1) is 6.92 Å². The minimum absolute atomic E-state index is 0.0751. The van der Waals surface area contributed by atoms with E-state index in [0.29, 0.717) is 22.6 Å². The average Bonchev–Trinajstić information content (AvgIpc) is 3.35. The molecule has 0 saturated heterocycles. The lowest BCUT2D eigenvalue weighted by Gasteiger charge is -2.24. The molecule has 0 radical (unpaired) electrons. The van der Waals surface area contributed by atoms with Crippen LogP contribution < -0.4 is 14.8 Å². The number of rotatable bonds is 4. The van der Waals surface area contributed by atoms with Crippen LogP contribution in [0.1, 0.15) is 25.0 Å². The number of H-pyrrole nitrogens is 1. The summed E-state index contributed by atoms with van der Waals surface area (Å²) < 4.78 is 35.6. The number of pyridine rings is 1. The third kappa shape index (κ3) is 3.73. The Kier molecular flexibility index (Phi) is 4.55. The van der Waals surface area contributed by atoms with E-state index in [4.69, 9.17) is 0 Å². The largest absolute Gasteiger partial charge is 0.586 e. The van der Waals surface area contributed by atoms with Gasteiger partial charge in [-0.15, -0.1) is 13.9 Å². The van der Waals surface area contributed by atoms with Crippen molar-refractivity contribution < 1.29 is 23.0 Å². The van der Waals surface area contributed by atoms with E-state index in [1.165, 1.54) is 12.1 Å². The van der Waals surface area contributed by atoms with E-state index in [2.05, 4.69) is 35.2 Å². The molecule has 8 nitrogen and oxygen atoms in total. The van der Waals surface area contributed by atoms with Gasteiger partial charge in [0.05, 0.1) is 16.6 Å². The van der Waals surface area contributed by atoms with Gasteiger partial charge in [0.1, 0.15) is 11.3 Å². The fourth-order valence-electron chi connectivity index (χ4n) is 3.62. The van der Waals surface area contributed by atoms with Crippen LogP contribution in [0.2, 0.25) is 0 Å². The molecule has 2 N–H and O–H groups in total. The van der Waals surface area contributed by atoms with Gasteiger partial charge in [-0.05, 0) is 62.2 Å².